The van der Waals surface area contributed by atoms with E-state index in [-0.39, 0.29) is 17.8 Å². The zero-order chi connectivity index (χ0) is 26.0. The smallest absolute Gasteiger partial charge is 0.416 e. The normalized spacial score (nSPS) is 12.2. The van der Waals surface area contributed by atoms with Crippen LogP contribution in [0.5, 0.6) is 0 Å². The van der Waals surface area contributed by atoms with Gasteiger partial charge in [-0.2, -0.15) is 13.2 Å². The molecule has 0 fully saturated rings. The van der Waals surface area contributed by atoms with Gasteiger partial charge in [-0.3, -0.25) is 4.79 Å². The first-order chi connectivity index (χ1) is 17.1. The molecule has 0 aliphatic rings. The van der Waals surface area contributed by atoms with Crippen molar-refractivity contribution in [1.82, 2.24) is 9.88 Å². The summed E-state index contributed by atoms with van der Waals surface area (Å²) in [7, 11) is 0. The van der Waals surface area contributed by atoms with E-state index in [4.69, 9.17) is 11.5 Å². The second-order valence-electron chi connectivity index (χ2n) is 8.29. The van der Waals surface area contributed by atoms with Gasteiger partial charge in [0.05, 0.1) is 28.2 Å². The van der Waals surface area contributed by atoms with Crippen molar-refractivity contribution in [3.63, 3.8) is 0 Å². The Labute approximate surface area is 205 Å². The molecular formula is C28H21F3N2O3. The van der Waals surface area contributed by atoms with Crippen molar-refractivity contribution < 1.29 is 27.9 Å². The topological polar surface area (TPSA) is 71.3 Å². The highest BCUT2D eigenvalue weighted by Gasteiger charge is 2.30. The lowest BCUT2D eigenvalue weighted by atomic mass is 10.1. The summed E-state index contributed by atoms with van der Waals surface area (Å²) in [6.07, 6.45) is 1.29. The monoisotopic (exact) mass is 490 g/mol. The van der Waals surface area contributed by atoms with Crippen molar-refractivity contribution in [2.45, 2.75) is 25.7 Å². The number of para-hydroxylation sites is 1. The molecule has 8 heteroatoms. The number of benzene rings is 3. The number of fused-ring (bicyclic) bond motifs is 1. The summed E-state index contributed by atoms with van der Waals surface area (Å²) in [4.78, 5) is 24.6. The number of carbonyl (C=O) groups excluding carboxylic acids is 1. The van der Waals surface area contributed by atoms with Crippen molar-refractivity contribution in [2.75, 3.05) is 0 Å². The number of carboxylic acid groups (broad SMARTS) is 1. The van der Waals surface area contributed by atoms with E-state index >= 15 is 0 Å². The zero-order valence-corrected chi connectivity index (χ0v) is 19.1. The van der Waals surface area contributed by atoms with Crippen LogP contribution in [-0.4, -0.2) is 21.6 Å². The summed E-state index contributed by atoms with van der Waals surface area (Å²) in [6.45, 7) is 1.74. The van der Waals surface area contributed by atoms with E-state index in [0.717, 1.165) is 12.1 Å². The van der Waals surface area contributed by atoms with E-state index in [1.165, 1.54) is 18.2 Å². The van der Waals surface area contributed by atoms with Crippen molar-refractivity contribution in [3.05, 3.63) is 106 Å². The largest absolute Gasteiger partial charge is 0.478 e. The average Bonchev–Trinajstić information content (AvgIpc) is 3.17. The summed E-state index contributed by atoms with van der Waals surface area (Å²) < 4.78 is 41.4. The molecule has 0 unspecified atom stereocenters. The number of carbonyl (C=O) groups is 2. The Morgan fingerprint density at radius 3 is 2.39 bits per heavy atom. The highest BCUT2D eigenvalue weighted by Crippen LogP contribution is 2.31. The third-order valence-corrected chi connectivity index (χ3v) is 5.93. The number of halogens is 3. The molecule has 4 aromatic rings. The molecule has 4 rings (SSSR count). The quantitative estimate of drug-likeness (QED) is 0.332. The lowest BCUT2D eigenvalue weighted by molar-refractivity contribution is -0.137. The minimum Gasteiger partial charge on any atom is -0.478 e. The fraction of sp³-hybridized carbons (Fsp3) is 0.143. The fourth-order valence-corrected chi connectivity index (χ4v) is 4.14. The van der Waals surface area contributed by atoms with Crippen LogP contribution < -0.4 is 5.32 Å². The van der Waals surface area contributed by atoms with Crippen molar-refractivity contribution >= 4 is 22.8 Å². The van der Waals surface area contributed by atoms with E-state index in [1.807, 2.05) is 0 Å². The molecule has 5 nitrogen and oxygen atoms in total. The molecule has 3 aromatic carbocycles. The summed E-state index contributed by atoms with van der Waals surface area (Å²) in [6, 6.07) is 17.6. The van der Waals surface area contributed by atoms with E-state index in [0.29, 0.717) is 27.6 Å². The number of rotatable bonds is 6. The van der Waals surface area contributed by atoms with Crippen molar-refractivity contribution in [3.8, 4) is 12.3 Å². The molecule has 0 radical (unpaired) electrons. The van der Waals surface area contributed by atoms with Crippen molar-refractivity contribution in [2.24, 2.45) is 0 Å². The molecule has 1 aromatic heterocycles. The first kappa shape index (κ1) is 24.6. The Hall–Kier alpha value is -4.51. The van der Waals surface area contributed by atoms with Crippen LogP contribution in [0.2, 0.25) is 0 Å². The molecule has 0 spiro atoms. The predicted octanol–water partition coefficient (Wildman–Crippen LogP) is 5.88. The molecule has 1 heterocycles. The molecule has 0 bridgehead atoms. The average molecular weight is 490 g/mol. The number of amides is 1. The molecule has 0 aliphatic carbocycles. The van der Waals surface area contributed by atoms with Crippen molar-refractivity contribution in [1.29, 1.82) is 0 Å². The molecule has 2 N–H and O–H groups in total. The van der Waals surface area contributed by atoms with E-state index < -0.39 is 29.7 Å². The van der Waals surface area contributed by atoms with Gasteiger partial charge >= 0.3 is 12.1 Å². The van der Waals surface area contributed by atoms with Gasteiger partial charge in [0.25, 0.3) is 5.91 Å². The van der Waals surface area contributed by atoms with Gasteiger partial charge in [0.1, 0.15) is 5.69 Å². The fourth-order valence-electron chi connectivity index (χ4n) is 4.14. The number of terminal acetylenes is 1. The number of hydrogen-bond acceptors (Lipinski definition) is 2. The number of hydrogen-bond donors (Lipinski definition) is 2. The summed E-state index contributed by atoms with van der Waals surface area (Å²) in [5.41, 5.74) is 1.49. The number of aromatic nitrogens is 1. The number of nitrogens with zero attached hydrogens (tertiary/aromatic N) is 1. The van der Waals surface area contributed by atoms with Gasteiger partial charge < -0.3 is 15.0 Å². The molecule has 0 saturated heterocycles. The molecule has 36 heavy (non-hydrogen) atoms. The van der Waals surface area contributed by atoms with E-state index in [2.05, 4.69) is 11.2 Å². The SMILES string of the molecule is C#Cc1c(C(=O)N[C@@H](C)c2ccc(C(=O)O)cc2)n(Cc2cccc(C(F)(F)F)c2)c2ccccc12. The van der Waals surface area contributed by atoms with Gasteiger partial charge in [-0.1, -0.05) is 48.4 Å². The van der Waals surface area contributed by atoms with E-state index in [9.17, 15) is 22.8 Å². The van der Waals surface area contributed by atoms with Gasteiger partial charge in [-0.15, -0.1) is 6.42 Å². The molecule has 182 valence electrons. The minimum atomic E-state index is -4.50. The van der Waals surface area contributed by atoms with Crippen LogP contribution in [0.15, 0.2) is 72.8 Å². The Balaban J connectivity index is 1.74. The molecule has 1 atom stereocenters. The van der Waals surface area contributed by atoms with Crippen LogP contribution in [-0.2, 0) is 12.7 Å². The Morgan fingerprint density at radius 2 is 1.75 bits per heavy atom. The lowest BCUT2D eigenvalue weighted by Gasteiger charge is -2.17. The zero-order valence-electron chi connectivity index (χ0n) is 19.1. The van der Waals surface area contributed by atoms with Crippen LogP contribution in [0.25, 0.3) is 10.9 Å². The summed E-state index contributed by atoms with van der Waals surface area (Å²) in [5.74, 6) is 1.01. The lowest BCUT2D eigenvalue weighted by Crippen LogP contribution is -2.29. The number of nitrogens with one attached hydrogen (secondary N) is 1. The maximum absolute atomic E-state index is 13.5. The van der Waals surface area contributed by atoms with Crippen LogP contribution in [0.3, 0.4) is 0 Å². The van der Waals surface area contributed by atoms with Gasteiger partial charge in [-0.25, -0.2) is 4.79 Å². The molecule has 0 saturated carbocycles. The van der Waals surface area contributed by atoms with Gasteiger partial charge in [0, 0.05) is 11.9 Å². The summed E-state index contributed by atoms with van der Waals surface area (Å²) >= 11 is 0. The maximum atomic E-state index is 13.5. The molecular weight excluding hydrogens is 469 g/mol. The predicted molar refractivity (Wildman–Crippen MR) is 130 cm³/mol. The first-order valence-electron chi connectivity index (χ1n) is 11.0. The Morgan fingerprint density at radius 1 is 1.06 bits per heavy atom. The Bertz CT molecular complexity index is 1500. The van der Waals surface area contributed by atoms with Crippen LogP contribution >= 0.6 is 0 Å². The second kappa shape index (κ2) is 9.62. The standard InChI is InChI=1S/C28H21F3N2O3/c1-3-22-23-9-4-5-10-24(23)33(16-18-7-6-8-21(15-18)28(29,30)31)25(22)26(34)32-17(2)19-11-13-20(14-12-19)27(35)36/h1,4-15,17H,16H2,2H3,(H,32,34)(H,35,36)/t17-/m0/s1. The second-order valence-corrected chi connectivity index (χ2v) is 8.29. The Kier molecular flexibility index (Phi) is 6.58. The molecule has 1 amide bonds. The first-order valence-corrected chi connectivity index (χ1v) is 11.0. The highest BCUT2D eigenvalue weighted by atomic mass is 19.4. The summed E-state index contributed by atoms with van der Waals surface area (Å²) in [5, 5.41) is 12.6. The minimum absolute atomic E-state index is 0.00342. The van der Waals surface area contributed by atoms with Gasteiger partial charge in [-0.05, 0) is 48.4 Å². The van der Waals surface area contributed by atoms with E-state index in [1.54, 1.807) is 54.0 Å². The molecule has 0 aliphatic heterocycles. The maximum Gasteiger partial charge on any atom is 0.416 e. The third kappa shape index (κ3) is 4.82. The van der Waals surface area contributed by atoms with Gasteiger partial charge in [0.2, 0.25) is 0 Å². The number of alkyl halides is 3. The third-order valence-electron chi connectivity index (χ3n) is 5.93. The van der Waals surface area contributed by atoms with Gasteiger partial charge in [0.15, 0.2) is 0 Å². The number of aromatic carboxylic acids is 1. The van der Waals surface area contributed by atoms with Crippen LogP contribution in [0, 0.1) is 12.3 Å². The van der Waals surface area contributed by atoms with Crippen LogP contribution in [0.1, 0.15) is 56.1 Å². The van der Waals surface area contributed by atoms with Crippen LogP contribution in [0.4, 0.5) is 13.2 Å². The highest BCUT2D eigenvalue weighted by molar-refractivity contribution is 6.03. The number of carboxylic acids is 1.